The number of hydrogen-bond acceptors (Lipinski definition) is 3. The van der Waals surface area contributed by atoms with Gasteiger partial charge >= 0.3 is 0 Å². The van der Waals surface area contributed by atoms with E-state index in [2.05, 4.69) is 5.32 Å². The second-order valence-electron chi connectivity index (χ2n) is 4.07. The molecule has 2 rings (SSSR count). The molecule has 1 amide bonds. The van der Waals surface area contributed by atoms with Gasteiger partial charge in [0.25, 0.3) is 5.91 Å². The molecule has 0 bridgehead atoms. The van der Waals surface area contributed by atoms with Crippen molar-refractivity contribution < 1.29 is 9.53 Å². The zero-order chi connectivity index (χ0) is 14.4. The molecule has 0 aliphatic heterocycles. The summed E-state index contributed by atoms with van der Waals surface area (Å²) in [4.78, 5) is 12.3. The molecule has 0 radical (unpaired) electrons. The van der Waals surface area contributed by atoms with Crippen LogP contribution in [0.4, 0.5) is 5.69 Å². The van der Waals surface area contributed by atoms with E-state index >= 15 is 0 Å². The van der Waals surface area contributed by atoms with Crippen molar-refractivity contribution in [3.05, 3.63) is 60.2 Å². The van der Waals surface area contributed by atoms with E-state index in [1.54, 1.807) is 24.3 Å². The van der Waals surface area contributed by atoms with Crippen molar-refractivity contribution in [3.63, 3.8) is 0 Å². The van der Waals surface area contributed by atoms with Crippen LogP contribution in [-0.4, -0.2) is 17.5 Å². The van der Waals surface area contributed by atoms with Gasteiger partial charge in [0.1, 0.15) is 17.3 Å². The lowest BCUT2D eigenvalue weighted by Crippen LogP contribution is -2.19. The highest BCUT2D eigenvalue weighted by atomic mass is 32.1. The van der Waals surface area contributed by atoms with E-state index < -0.39 is 0 Å². The highest BCUT2D eigenvalue weighted by molar-refractivity contribution is 7.80. The number of anilines is 1. The number of carbonyl (C=O) groups excluding carboxylic acids is 1. The Bertz CT molecular complexity index is 614. The smallest absolute Gasteiger partial charge is 0.255 e. The molecule has 0 aromatic heterocycles. The molecule has 4 nitrogen and oxygen atoms in total. The third-order valence-corrected chi connectivity index (χ3v) is 2.66. The third kappa shape index (κ3) is 3.80. The van der Waals surface area contributed by atoms with Crippen molar-refractivity contribution in [1.29, 1.82) is 0 Å². The zero-order valence-corrected chi connectivity index (χ0v) is 11.5. The molecule has 2 aromatic rings. The molecule has 0 unspecified atom stereocenters. The van der Waals surface area contributed by atoms with Crippen LogP contribution in [0.2, 0.25) is 0 Å². The fraction of sp³-hybridized carbons (Fsp3) is 0.0667. The highest BCUT2D eigenvalue weighted by Crippen LogP contribution is 2.24. The normalized spacial score (nSPS) is 9.80. The van der Waals surface area contributed by atoms with Gasteiger partial charge in [0.15, 0.2) is 0 Å². The van der Waals surface area contributed by atoms with Gasteiger partial charge in [-0.25, -0.2) is 0 Å². The summed E-state index contributed by atoms with van der Waals surface area (Å²) >= 11 is 4.77. The van der Waals surface area contributed by atoms with Crippen molar-refractivity contribution in [1.82, 2.24) is 0 Å². The summed E-state index contributed by atoms with van der Waals surface area (Å²) in [6, 6.07) is 16.1. The molecule has 3 N–H and O–H groups in total. The maximum absolute atomic E-state index is 12.1. The second-order valence-corrected chi connectivity index (χ2v) is 4.60. The fourth-order valence-corrected chi connectivity index (χ4v) is 1.69. The predicted octanol–water partition coefficient (Wildman–Crippen LogP) is 2.60. The van der Waals surface area contributed by atoms with Crippen LogP contribution >= 0.6 is 12.2 Å². The van der Waals surface area contributed by atoms with Crippen molar-refractivity contribution in [2.75, 3.05) is 11.9 Å². The Balaban J connectivity index is 2.13. The molecule has 0 spiro atoms. The monoisotopic (exact) mass is 286 g/mol. The van der Waals surface area contributed by atoms with Crippen molar-refractivity contribution in [2.24, 2.45) is 5.73 Å². The Labute approximate surface area is 122 Å². The summed E-state index contributed by atoms with van der Waals surface area (Å²) in [5.74, 6) is 0.335. The number of para-hydroxylation sites is 2. The van der Waals surface area contributed by atoms with Gasteiger partial charge < -0.3 is 15.8 Å². The third-order valence-electron chi connectivity index (χ3n) is 2.54. The fourth-order valence-electron chi connectivity index (χ4n) is 1.63. The minimum absolute atomic E-state index is 0.132. The van der Waals surface area contributed by atoms with Gasteiger partial charge in [-0.2, -0.15) is 0 Å². The Morgan fingerprint density at radius 2 is 1.75 bits per heavy atom. The Morgan fingerprint density at radius 3 is 2.45 bits per heavy atom. The first-order valence-electron chi connectivity index (χ1n) is 6.03. The lowest BCUT2D eigenvalue weighted by molar-refractivity contribution is 0.102. The summed E-state index contributed by atoms with van der Waals surface area (Å²) in [7, 11) is 0. The summed E-state index contributed by atoms with van der Waals surface area (Å²) < 4.78 is 5.45. The summed E-state index contributed by atoms with van der Waals surface area (Å²) in [6.45, 7) is 0.132. The highest BCUT2D eigenvalue weighted by Gasteiger charge is 2.09. The van der Waals surface area contributed by atoms with Crippen LogP contribution in [0.5, 0.6) is 5.75 Å². The van der Waals surface area contributed by atoms with Crippen LogP contribution in [0.25, 0.3) is 0 Å². The van der Waals surface area contributed by atoms with E-state index in [1.807, 2.05) is 30.3 Å². The number of benzene rings is 2. The number of carbonyl (C=O) groups is 1. The molecule has 0 aliphatic carbocycles. The van der Waals surface area contributed by atoms with E-state index in [4.69, 9.17) is 22.7 Å². The molecule has 0 heterocycles. The van der Waals surface area contributed by atoms with Crippen LogP contribution in [0, 0.1) is 0 Å². The second kappa shape index (κ2) is 6.68. The van der Waals surface area contributed by atoms with Crippen molar-refractivity contribution in [3.8, 4) is 5.75 Å². The molecule has 20 heavy (non-hydrogen) atoms. The molecule has 5 heteroatoms. The minimum Gasteiger partial charge on any atom is -0.484 e. The summed E-state index contributed by atoms with van der Waals surface area (Å²) in [6.07, 6.45) is 0. The van der Waals surface area contributed by atoms with E-state index in [9.17, 15) is 4.79 Å². The molecule has 0 aliphatic rings. The van der Waals surface area contributed by atoms with Crippen LogP contribution in [-0.2, 0) is 0 Å². The number of thiocarbonyl (C=S) groups is 1. The van der Waals surface area contributed by atoms with Gasteiger partial charge in [0.2, 0.25) is 0 Å². The van der Waals surface area contributed by atoms with Gasteiger partial charge in [-0.1, -0.05) is 42.5 Å². The van der Waals surface area contributed by atoms with E-state index in [0.717, 1.165) is 0 Å². The number of hydrogen-bond donors (Lipinski definition) is 2. The van der Waals surface area contributed by atoms with Gasteiger partial charge in [-0.3, -0.25) is 4.79 Å². The van der Waals surface area contributed by atoms with E-state index in [1.165, 1.54) is 0 Å². The molecular formula is C15H14N2O2S. The first kappa shape index (κ1) is 14.0. The molecule has 0 fully saturated rings. The quantitative estimate of drug-likeness (QED) is 0.829. The Kier molecular flexibility index (Phi) is 4.68. The average Bonchev–Trinajstić information content (AvgIpc) is 2.47. The van der Waals surface area contributed by atoms with Crippen LogP contribution < -0.4 is 15.8 Å². The summed E-state index contributed by atoms with van der Waals surface area (Å²) in [5.41, 5.74) is 6.56. The lowest BCUT2D eigenvalue weighted by atomic mass is 10.2. The van der Waals surface area contributed by atoms with Crippen LogP contribution in [0.1, 0.15) is 10.4 Å². The average molecular weight is 286 g/mol. The van der Waals surface area contributed by atoms with E-state index in [0.29, 0.717) is 17.0 Å². The Hall–Kier alpha value is -2.40. The first-order valence-corrected chi connectivity index (χ1v) is 6.44. The van der Waals surface area contributed by atoms with Crippen LogP contribution in [0.15, 0.2) is 54.6 Å². The van der Waals surface area contributed by atoms with Crippen molar-refractivity contribution in [2.45, 2.75) is 0 Å². The number of ether oxygens (including phenoxy) is 1. The number of amides is 1. The number of nitrogens with two attached hydrogens (primary N) is 1. The van der Waals surface area contributed by atoms with E-state index in [-0.39, 0.29) is 17.5 Å². The van der Waals surface area contributed by atoms with Gasteiger partial charge in [0, 0.05) is 5.56 Å². The molecule has 0 atom stereocenters. The molecule has 0 saturated carbocycles. The molecule has 2 aromatic carbocycles. The SMILES string of the molecule is NC(=S)COc1ccccc1NC(=O)c1ccccc1. The van der Waals surface area contributed by atoms with Gasteiger partial charge in [0.05, 0.1) is 5.69 Å². The maximum atomic E-state index is 12.1. The number of nitrogens with one attached hydrogen (secondary N) is 1. The molecular weight excluding hydrogens is 272 g/mol. The predicted molar refractivity (Wildman–Crippen MR) is 83.1 cm³/mol. The largest absolute Gasteiger partial charge is 0.484 e. The lowest BCUT2D eigenvalue weighted by Gasteiger charge is -2.11. The first-order chi connectivity index (χ1) is 9.66. The van der Waals surface area contributed by atoms with Gasteiger partial charge in [-0.15, -0.1) is 0 Å². The molecule has 102 valence electrons. The maximum Gasteiger partial charge on any atom is 0.255 e. The topological polar surface area (TPSA) is 64.3 Å². The van der Waals surface area contributed by atoms with Crippen molar-refractivity contribution >= 4 is 28.8 Å². The Morgan fingerprint density at radius 1 is 1.10 bits per heavy atom. The standard InChI is InChI=1S/C15H14N2O2S/c16-14(20)10-19-13-9-5-4-8-12(13)17-15(18)11-6-2-1-3-7-11/h1-9H,10H2,(H2,16,20)(H,17,18). The van der Waals surface area contributed by atoms with Crippen LogP contribution in [0.3, 0.4) is 0 Å². The minimum atomic E-state index is -0.197. The summed E-state index contributed by atoms with van der Waals surface area (Å²) in [5, 5.41) is 2.80. The zero-order valence-electron chi connectivity index (χ0n) is 10.7. The van der Waals surface area contributed by atoms with Gasteiger partial charge in [-0.05, 0) is 24.3 Å². The number of rotatable bonds is 5. The molecule has 0 saturated heterocycles.